The molecule has 0 aliphatic carbocycles. The van der Waals surface area contributed by atoms with Crippen molar-refractivity contribution in [1.82, 2.24) is 9.88 Å². The molecular formula is C22H25F2N3O4. The molecule has 2 heterocycles. The van der Waals surface area contributed by atoms with Crippen LogP contribution in [0.2, 0.25) is 0 Å². The van der Waals surface area contributed by atoms with Crippen molar-refractivity contribution >= 4 is 39.9 Å². The summed E-state index contributed by atoms with van der Waals surface area (Å²) >= 11 is 0. The van der Waals surface area contributed by atoms with Gasteiger partial charge in [0.05, 0.1) is 12.5 Å². The van der Waals surface area contributed by atoms with E-state index in [-0.39, 0.29) is 24.1 Å². The first-order valence-corrected chi connectivity index (χ1v) is 9.69. The molecule has 1 fully saturated rings. The monoisotopic (exact) mass is 433 g/mol. The zero-order chi connectivity index (χ0) is 23.0. The largest absolute Gasteiger partial charge is 0.372 e. The van der Waals surface area contributed by atoms with Crippen LogP contribution < -0.4 is 5.73 Å². The lowest BCUT2D eigenvalue weighted by molar-refractivity contribution is -0.136. The van der Waals surface area contributed by atoms with Gasteiger partial charge < -0.3 is 20.7 Å². The number of carbonyl (C=O) groups excluding carboxylic acids is 3. The maximum Gasteiger partial charge on any atom is 0.342 e. The molecule has 1 aliphatic heterocycles. The summed E-state index contributed by atoms with van der Waals surface area (Å²) in [4.78, 5) is 38.1. The van der Waals surface area contributed by atoms with Crippen LogP contribution in [0.3, 0.4) is 0 Å². The molecule has 4 N–H and O–H groups in total. The van der Waals surface area contributed by atoms with Gasteiger partial charge in [0.2, 0.25) is 12.3 Å². The van der Waals surface area contributed by atoms with Gasteiger partial charge in [-0.05, 0) is 43.5 Å². The molecule has 31 heavy (non-hydrogen) atoms. The van der Waals surface area contributed by atoms with Gasteiger partial charge in [-0.1, -0.05) is 24.3 Å². The number of nitrogens with two attached hydrogens (primary N) is 1. The van der Waals surface area contributed by atoms with Gasteiger partial charge in [0.25, 0.3) is 0 Å². The Bertz CT molecular complexity index is 1050. The lowest BCUT2D eigenvalue weighted by Gasteiger charge is -2.22. The van der Waals surface area contributed by atoms with Crippen LogP contribution in [0.1, 0.15) is 25.3 Å². The topological polar surface area (TPSA) is 116 Å². The van der Waals surface area contributed by atoms with E-state index in [9.17, 15) is 18.4 Å². The van der Waals surface area contributed by atoms with E-state index in [4.69, 9.17) is 9.90 Å². The van der Waals surface area contributed by atoms with E-state index in [1.807, 2.05) is 24.3 Å². The van der Waals surface area contributed by atoms with Crippen LogP contribution in [-0.2, 0) is 20.8 Å². The minimum atomic E-state index is -3.17. The molecule has 1 saturated heterocycles. The van der Waals surface area contributed by atoms with Crippen molar-refractivity contribution in [3.8, 4) is 0 Å². The molecule has 2 amide bonds. The van der Waals surface area contributed by atoms with Gasteiger partial charge in [0.1, 0.15) is 0 Å². The van der Waals surface area contributed by atoms with Gasteiger partial charge in [-0.25, -0.2) is 0 Å². The Morgan fingerprint density at radius 1 is 1.23 bits per heavy atom. The van der Waals surface area contributed by atoms with Crippen molar-refractivity contribution < 1.29 is 28.3 Å². The minimum absolute atomic E-state index is 0.0480. The summed E-state index contributed by atoms with van der Waals surface area (Å²) in [5.74, 6) is 0.139. The van der Waals surface area contributed by atoms with Gasteiger partial charge >= 0.3 is 6.61 Å². The molecule has 0 radical (unpaired) electrons. The Kier molecular flexibility index (Phi) is 8.63. The summed E-state index contributed by atoms with van der Waals surface area (Å²) in [6.45, 7) is -0.896. The van der Waals surface area contributed by atoms with Crippen molar-refractivity contribution in [1.29, 1.82) is 0 Å². The third kappa shape index (κ3) is 6.32. The Morgan fingerprint density at radius 2 is 1.84 bits per heavy atom. The van der Waals surface area contributed by atoms with E-state index in [1.165, 1.54) is 5.39 Å². The molecule has 166 valence electrons. The van der Waals surface area contributed by atoms with Crippen LogP contribution in [0.4, 0.5) is 8.78 Å². The Balaban J connectivity index is 0.000000431. The average Bonchev–Trinajstić information content (AvgIpc) is 3.33. The van der Waals surface area contributed by atoms with Crippen molar-refractivity contribution in [3.05, 3.63) is 48.0 Å². The number of Topliss-reactive ketones (excluding diaryl/α,β-unsaturated/α-hetero) is 1. The quantitative estimate of drug-likeness (QED) is 0.551. The predicted octanol–water partition coefficient (Wildman–Crippen LogP) is 2.75. The van der Waals surface area contributed by atoms with Crippen molar-refractivity contribution in [2.45, 2.75) is 38.8 Å². The number of aliphatic hydroxyl groups is 1. The summed E-state index contributed by atoms with van der Waals surface area (Å²) in [6, 6.07) is 14.1. The van der Waals surface area contributed by atoms with Gasteiger partial charge in [-0.3, -0.25) is 14.4 Å². The van der Waals surface area contributed by atoms with Crippen LogP contribution in [0.15, 0.2) is 42.5 Å². The number of benzene rings is 2. The summed E-state index contributed by atoms with van der Waals surface area (Å²) in [5, 5.41) is 9.03. The zero-order valence-corrected chi connectivity index (χ0v) is 17.1. The number of halogens is 2. The Labute approximate surface area is 177 Å². The molecule has 3 aromatic rings. The van der Waals surface area contributed by atoms with Crippen LogP contribution in [0.5, 0.6) is 0 Å². The van der Waals surface area contributed by atoms with Crippen molar-refractivity contribution in [2.75, 3.05) is 6.54 Å². The third-order valence-corrected chi connectivity index (χ3v) is 4.97. The summed E-state index contributed by atoms with van der Waals surface area (Å²) in [5.41, 5.74) is 7.34. The number of hydrogen-bond donors (Lipinski definition) is 3. The number of aliphatic hydroxyl groups excluding tert-OH is 1. The molecule has 1 aliphatic rings. The molecule has 2 aromatic carbocycles. The fourth-order valence-electron chi connectivity index (χ4n) is 3.77. The molecule has 9 heteroatoms. The van der Waals surface area contributed by atoms with Crippen LogP contribution >= 0.6 is 0 Å². The number of aromatic nitrogens is 1. The normalized spacial score (nSPS) is 15.3. The number of alkyl halides is 2. The van der Waals surface area contributed by atoms with E-state index < -0.39 is 6.61 Å². The Morgan fingerprint density at radius 3 is 2.48 bits per heavy atom. The first-order valence-electron chi connectivity index (χ1n) is 9.69. The highest BCUT2D eigenvalue weighted by Crippen LogP contribution is 2.27. The maximum absolute atomic E-state index is 12.6. The number of primary amides is 1. The number of ketones is 1. The van der Waals surface area contributed by atoms with Gasteiger partial charge in [0.15, 0.2) is 5.78 Å². The molecule has 1 atom stereocenters. The number of aromatic amines is 1. The highest BCUT2D eigenvalue weighted by molar-refractivity contribution is 6.07. The highest BCUT2D eigenvalue weighted by atomic mass is 19.3. The van der Waals surface area contributed by atoms with E-state index in [0.717, 1.165) is 34.8 Å². The number of likely N-dealkylation sites (tertiary alicyclic amines) is 1. The molecule has 1 aromatic heterocycles. The second-order valence-corrected chi connectivity index (χ2v) is 7.00. The van der Waals surface area contributed by atoms with Crippen molar-refractivity contribution in [3.63, 3.8) is 0 Å². The number of amides is 2. The number of carbonyl (C=O) groups is 3. The molecular weight excluding hydrogens is 408 g/mol. The van der Waals surface area contributed by atoms with Crippen LogP contribution in [0, 0.1) is 0 Å². The van der Waals surface area contributed by atoms with E-state index in [0.29, 0.717) is 13.0 Å². The second kappa shape index (κ2) is 11.2. The summed E-state index contributed by atoms with van der Waals surface area (Å²) in [7, 11) is 0. The minimum Gasteiger partial charge on any atom is -0.372 e. The molecule has 4 rings (SSSR count). The van der Waals surface area contributed by atoms with E-state index >= 15 is 0 Å². The first-order chi connectivity index (χ1) is 14.8. The van der Waals surface area contributed by atoms with Gasteiger partial charge in [-0.15, -0.1) is 0 Å². The second-order valence-electron chi connectivity index (χ2n) is 7.00. The highest BCUT2D eigenvalue weighted by Gasteiger charge is 2.31. The van der Waals surface area contributed by atoms with E-state index in [2.05, 4.69) is 28.9 Å². The lowest BCUT2D eigenvalue weighted by atomic mass is 10.1. The fraction of sp³-hybridized carbons (Fsp3) is 0.318. The number of hydrogen-bond acceptors (Lipinski definition) is 4. The lowest BCUT2D eigenvalue weighted by Crippen LogP contribution is -2.40. The first kappa shape index (κ1) is 23.9. The van der Waals surface area contributed by atoms with Gasteiger partial charge in [-0.2, -0.15) is 8.78 Å². The number of fused-ring (bicyclic) bond motifs is 3. The number of nitrogens with zero attached hydrogens (tertiary/aromatic N) is 1. The number of nitrogens with one attached hydrogen (secondary N) is 1. The SMILES string of the molecule is CC(=O)C1CCCN1C(=O)Cc1ccc2[nH]c3ccccc3c2c1.NC=O.OC(F)F. The van der Waals surface area contributed by atoms with E-state index in [1.54, 1.807) is 11.8 Å². The molecule has 7 nitrogen and oxygen atoms in total. The Hall–Kier alpha value is -3.33. The number of para-hydroxylation sites is 1. The van der Waals surface area contributed by atoms with Crippen LogP contribution in [0.25, 0.3) is 21.8 Å². The number of rotatable bonds is 3. The van der Waals surface area contributed by atoms with Gasteiger partial charge in [0, 0.05) is 28.4 Å². The molecule has 1 unspecified atom stereocenters. The zero-order valence-electron chi connectivity index (χ0n) is 17.1. The van der Waals surface area contributed by atoms with Crippen molar-refractivity contribution in [2.24, 2.45) is 5.73 Å². The molecule has 0 spiro atoms. The smallest absolute Gasteiger partial charge is 0.342 e. The molecule has 0 saturated carbocycles. The maximum atomic E-state index is 12.6. The standard InChI is InChI=1S/C20H20N2O2.CH2F2O.CH3NO/c1-13(23)19-7-4-10-22(19)20(24)12-14-8-9-18-16(11-14)15-5-2-3-6-17(15)21-18;2-1(3)4;2-1-3/h2-3,5-6,8-9,11,19,21H,4,7,10,12H2,1H3;1,4H;1H,(H2,2,3). The molecule has 0 bridgehead atoms. The summed E-state index contributed by atoms with van der Waals surface area (Å²) in [6.07, 6.45) is 2.30. The summed E-state index contributed by atoms with van der Waals surface area (Å²) < 4.78 is 19.8. The predicted molar refractivity (Wildman–Crippen MR) is 113 cm³/mol. The average molecular weight is 433 g/mol. The number of H-pyrrole nitrogens is 1. The fourth-order valence-corrected chi connectivity index (χ4v) is 3.77. The third-order valence-electron chi connectivity index (χ3n) is 4.97. The van der Waals surface area contributed by atoms with Crippen LogP contribution in [-0.4, -0.2) is 52.3 Å².